The molecular weight excluding hydrogens is 297 g/mol. The highest BCUT2D eigenvalue weighted by Gasteiger charge is 2.11. The fourth-order valence-electron chi connectivity index (χ4n) is 1.63. The predicted molar refractivity (Wildman–Crippen MR) is 76.6 cm³/mol. The van der Waals surface area contributed by atoms with E-state index in [1.54, 1.807) is 12.1 Å². The van der Waals surface area contributed by atoms with Gasteiger partial charge in [0.15, 0.2) is 0 Å². The molecule has 0 aromatic heterocycles. The number of ether oxygens (including phenoxy) is 1. The van der Waals surface area contributed by atoms with E-state index in [0.717, 1.165) is 19.4 Å². The summed E-state index contributed by atoms with van der Waals surface area (Å²) in [6.07, 6.45) is 2.16. The van der Waals surface area contributed by atoms with Crippen LogP contribution < -0.4 is 10.1 Å². The third-order valence-electron chi connectivity index (χ3n) is 2.56. The van der Waals surface area contributed by atoms with Crippen LogP contribution in [0.1, 0.15) is 33.6 Å². The van der Waals surface area contributed by atoms with Crippen molar-refractivity contribution in [2.24, 2.45) is 0 Å². The molecule has 0 aliphatic heterocycles. The summed E-state index contributed by atoms with van der Waals surface area (Å²) in [5.74, 6) is 0.432. The van der Waals surface area contributed by atoms with Gasteiger partial charge in [0.1, 0.15) is 17.7 Å². The number of hydrogen-bond acceptors (Lipinski definition) is 2. The first kappa shape index (κ1) is 15.4. The summed E-state index contributed by atoms with van der Waals surface area (Å²) in [6, 6.07) is 5.19. The van der Waals surface area contributed by atoms with Gasteiger partial charge in [-0.3, -0.25) is 0 Å². The average molecular weight is 318 g/mol. The smallest absolute Gasteiger partial charge is 0.137 e. The molecule has 0 spiro atoms. The molecule has 2 nitrogen and oxygen atoms in total. The van der Waals surface area contributed by atoms with E-state index in [2.05, 4.69) is 42.0 Å². The van der Waals surface area contributed by atoms with Crippen molar-refractivity contribution in [1.82, 2.24) is 5.32 Å². The maximum atomic E-state index is 13.1. The minimum absolute atomic E-state index is 0.120. The molecule has 1 aromatic rings. The highest BCUT2D eigenvalue weighted by Crippen LogP contribution is 2.23. The Bertz CT molecular complexity index is 371. The van der Waals surface area contributed by atoms with Gasteiger partial charge in [-0.1, -0.05) is 27.2 Å². The second-order valence-corrected chi connectivity index (χ2v) is 5.52. The highest BCUT2D eigenvalue weighted by atomic mass is 79.9. The number of hydrogen-bond donors (Lipinski definition) is 1. The fraction of sp³-hybridized carbons (Fsp3) is 0.571. The molecule has 4 heteroatoms. The lowest BCUT2D eigenvalue weighted by atomic mass is 10.2. The highest BCUT2D eigenvalue weighted by molar-refractivity contribution is 9.10. The molecule has 18 heavy (non-hydrogen) atoms. The molecule has 1 atom stereocenters. The van der Waals surface area contributed by atoms with E-state index in [9.17, 15) is 4.39 Å². The summed E-state index contributed by atoms with van der Waals surface area (Å²) < 4.78 is 19.4. The molecule has 0 saturated heterocycles. The zero-order chi connectivity index (χ0) is 13.5. The van der Waals surface area contributed by atoms with Crippen LogP contribution in [0.4, 0.5) is 4.39 Å². The van der Waals surface area contributed by atoms with Crippen LogP contribution in [0, 0.1) is 5.82 Å². The number of nitrogens with one attached hydrogen (secondary N) is 1. The van der Waals surface area contributed by atoms with Crippen molar-refractivity contribution in [2.75, 3.05) is 6.54 Å². The first-order chi connectivity index (χ1) is 8.52. The van der Waals surface area contributed by atoms with Crippen molar-refractivity contribution in [2.45, 2.75) is 45.8 Å². The second kappa shape index (κ2) is 7.74. The number of halogens is 2. The Morgan fingerprint density at radius 1 is 1.39 bits per heavy atom. The molecule has 1 rings (SSSR count). The molecule has 0 aliphatic carbocycles. The maximum Gasteiger partial charge on any atom is 0.137 e. The van der Waals surface area contributed by atoms with Gasteiger partial charge in [0, 0.05) is 12.6 Å². The molecule has 102 valence electrons. The molecule has 0 radical (unpaired) electrons. The largest absolute Gasteiger partial charge is 0.489 e. The van der Waals surface area contributed by atoms with E-state index in [-0.39, 0.29) is 11.9 Å². The van der Waals surface area contributed by atoms with Gasteiger partial charge in [-0.2, -0.15) is 0 Å². The lowest BCUT2D eigenvalue weighted by Crippen LogP contribution is -2.35. The van der Waals surface area contributed by atoms with E-state index in [0.29, 0.717) is 16.3 Å². The van der Waals surface area contributed by atoms with E-state index in [4.69, 9.17) is 4.74 Å². The van der Waals surface area contributed by atoms with E-state index in [1.807, 2.05) is 0 Å². The lowest BCUT2D eigenvalue weighted by molar-refractivity contribution is 0.183. The zero-order valence-corrected chi connectivity index (χ0v) is 12.8. The van der Waals surface area contributed by atoms with Gasteiger partial charge in [0.05, 0.1) is 4.47 Å². The van der Waals surface area contributed by atoms with Crippen LogP contribution in [0.5, 0.6) is 5.75 Å². The van der Waals surface area contributed by atoms with Gasteiger partial charge in [0.2, 0.25) is 0 Å². The average Bonchev–Trinajstić information content (AvgIpc) is 2.31. The first-order valence-corrected chi connectivity index (χ1v) is 7.17. The van der Waals surface area contributed by atoms with Crippen LogP contribution in [-0.4, -0.2) is 18.7 Å². The van der Waals surface area contributed by atoms with Crippen LogP contribution in [0.25, 0.3) is 0 Å². The summed E-state index contributed by atoms with van der Waals surface area (Å²) >= 11 is 3.17. The van der Waals surface area contributed by atoms with Gasteiger partial charge >= 0.3 is 0 Å². The quantitative estimate of drug-likeness (QED) is 0.816. The normalized spacial score (nSPS) is 12.8. The van der Waals surface area contributed by atoms with Crippen molar-refractivity contribution in [3.63, 3.8) is 0 Å². The Kier molecular flexibility index (Phi) is 6.65. The van der Waals surface area contributed by atoms with E-state index in [1.165, 1.54) is 6.07 Å². The Balaban J connectivity index is 2.61. The van der Waals surface area contributed by atoms with Gasteiger partial charge in [-0.05, 0) is 40.5 Å². The molecule has 0 heterocycles. The predicted octanol–water partition coefficient (Wildman–Crippen LogP) is 4.13. The van der Waals surface area contributed by atoms with Crippen molar-refractivity contribution >= 4 is 15.9 Å². The molecule has 0 fully saturated rings. The Hall–Kier alpha value is -0.610. The van der Waals surface area contributed by atoms with Crippen LogP contribution >= 0.6 is 15.9 Å². The molecule has 0 bridgehead atoms. The Morgan fingerprint density at radius 2 is 2.11 bits per heavy atom. The van der Waals surface area contributed by atoms with Crippen LogP contribution in [0.15, 0.2) is 22.7 Å². The SMILES string of the molecule is CCCC(CNC(C)C)Oc1ccc(F)c(Br)c1. The number of benzene rings is 1. The summed E-state index contributed by atoms with van der Waals surface area (Å²) in [5, 5.41) is 3.37. The minimum Gasteiger partial charge on any atom is -0.489 e. The van der Waals surface area contributed by atoms with Gasteiger partial charge in [-0.15, -0.1) is 0 Å². The standard InChI is InChI=1S/C14H21BrFNO/c1-4-5-12(9-17-10(2)3)18-11-6-7-14(16)13(15)8-11/h6-8,10,12,17H,4-5,9H2,1-3H3. The lowest BCUT2D eigenvalue weighted by Gasteiger charge is -2.20. The molecule has 0 saturated carbocycles. The zero-order valence-electron chi connectivity index (χ0n) is 11.2. The second-order valence-electron chi connectivity index (χ2n) is 4.67. The Morgan fingerprint density at radius 3 is 2.67 bits per heavy atom. The summed E-state index contributed by atoms with van der Waals surface area (Å²) in [6.45, 7) is 7.15. The van der Waals surface area contributed by atoms with Gasteiger partial charge in [-0.25, -0.2) is 4.39 Å². The van der Waals surface area contributed by atoms with Gasteiger partial charge in [0.25, 0.3) is 0 Å². The minimum atomic E-state index is -0.269. The van der Waals surface area contributed by atoms with Crippen molar-refractivity contribution < 1.29 is 9.13 Å². The molecule has 1 aromatic carbocycles. The summed E-state index contributed by atoms with van der Waals surface area (Å²) in [7, 11) is 0. The van der Waals surface area contributed by atoms with Crippen molar-refractivity contribution in [3.8, 4) is 5.75 Å². The molecule has 0 amide bonds. The topological polar surface area (TPSA) is 21.3 Å². The van der Waals surface area contributed by atoms with Crippen molar-refractivity contribution in [1.29, 1.82) is 0 Å². The van der Waals surface area contributed by atoms with Gasteiger partial charge < -0.3 is 10.1 Å². The molecule has 0 aliphatic rings. The fourth-order valence-corrected chi connectivity index (χ4v) is 1.99. The molecule has 1 N–H and O–H groups in total. The maximum absolute atomic E-state index is 13.1. The molecular formula is C14H21BrFNO. The van der Waals surface area contributed by atoms with Crippen molar-refractivity contribution in [3.05, 3.63) is 28.5 Å². The summed E-state index contributed by atoms with van der Waals surface area (Å²) in [4.78, 5) is 0. The summed E-state index contributed by atoms with van der Waals surface area (Å²) in [5.41, 5.74) is 0. The number of rotatable bonds is 7. The van der Waals surface area contributed by atoms with Crippen LogP contribution in [0.2, 0.25) is 0 Å². The van der Waals surface area contributed by atoms with Crippen LogP contribution in [0.3, 0.4) is 0 Å². The first-order valence-electron chi connectivity index (χ1n) is 6.38. The third-order valence-corrected chi connectivity index (χ3v) is 3.17. The Labute approximate surface area is 117 Å². The third kappa shape index (κ3) is 5.36. The van der Waals surface area contributed by atoms with Crippen LogP contribution in [-0.2, 0) is 0 Å². The van der Waals surface area contributed by atoms with E-state index < -0.39 is 0 Å². The molecule has 1 unspecified atom stereocenters. The monoisotopic (exact) mass is 317 g/mol. The van der Waals surface area contributed by atoms with E-state index >= 15 is 0 Å².